The molecule has 2 heterocycles. The summed E-state index contributed by atoms with van der Waals surface area (Å²) in [6, 6.07) is 7.56. The Balaban J connectivity index is 2.24. The molecule has 4 nitrogen and oxygen atoms in total. The lowest BCUT2D eigenvalue weighted by Crippen LogP contribution is -2.33. The molecule has 1 fully saturated rings. The van der Waals surface area contributed by atoms with Gasteiger partial charge >= 0.3 is 0 Å². The van der Waals surface area contributed by atoms with Gasteiger partial charge < -0.3 is 10.0 Å². The molecule has 1 aliphatic heterocycles. The number of aliphatic hydroxyl groups excluding tert-OH is 1. The van der Waals surface area contributed by atoms with Gasteiger partial charge in [-0.15, -0.1) is 0 Å². The van der Waals surface area contributed by atoms with Crippen molar-refractivity contribution in [3.63, 3.8) is 0 Å². The van der Waals surface area contributed by atoms with Gasteiger partial charge in [0.15, 0.2) is 0 Å². The van der Waals surface area contributed by atoms with E-state index in [1.54, 1.807) is 6.07 Å². The summed E-state index contributed by atoms with van der Waals surface area (Å²) >= 11 is 0. The number of rotatable bonds is 1. The first-order chi connectivity index (χ1) is 8.50. The molecular weight excluding hydrogens is 226 g/mol. The van der Waals surface area contributed by atoms with E-state index in [4.69, 9.17) is 5.26 Å². The van der Waals surface area contributed by atoms with Gasteiger partial charge in [0.2, 0.25) is 0 Å². The number of nitrogens with zero attached hydrogens (tertiary/aromatic N) is 3. The van der Waals surface area contributed by atoms with Crippen molar-refractivity contribution in [3.05, 3.63) is 23.9 Å². The van der Waals surface area contributed by atoms with Gasteiger partial charge in [-0.2, -0.15) is 5.26 Å². The third-order valence-electron chi connectivity index (χ3n) is 3.31. The minimum Gasteiger partial charge on any atom is -0.393 e. The first kappa shape index (κ1) is 12.8. The predicted molar refractivity (Wildman–Crippen MR) is 70.2 cm³/mol. The molecule has 0 radical (unpaired) electrons. The molecule has 1 N–H and O–H groups in total. The molecule has 2 rings (SSSR count). The second-order valence-electron chi connectivity index (χ2n) is 5.73. The summed E-state index contributed by atoms with van der Waals surface area (Å²) < 4.78 is 0. The third-order valence-corrected chi connectivity index (χ3v) is 3.31. The third kappa shape index (κ3) is 2.99. The first-order valence-electron chi connectivity index (χ1n) is 6.30. The second-order valence-corrected chi connectivity index (χ2v) is 5.73. The van der Waals surface area contributed by atoms with Crippen molar-refractivity contribution < 1.29 is 5.11 Å². The average Bonchev–Trinajstić information content (AvgIpc) is 2.47. The molecule has 0 aromatic carbocycles. The summed E-state index contributed by atoms with van der Waals surface area (Å²) in [4.78, 5) is 6.49. The minimum absolute atomic E-state index is 0.0558. The lowest BCUT2D eigenvalue weighted by molar-refractivity contribution is 0.123. The molecule has 0 amide bonds. The summed E-state index contributed by atoms with van der Waals surface area (Å²) in [5.41, 5.74) is 0.496. The average molecular weight is 245 g/mol. The van der Waals surface area contributed by atoms with Crippen molar-refractivity contribution in [2.75, 3.05) is 18.0 Å². The zero-order valence-corrected chi connectivity index (χ0v) is 10.9. The Morgan fingerprint density at radius 3 is 3.00 bits per heavy atom. The Hall–Kier alpha value is -1.60. The summed E-state index contributed by atoms with van der Waals surface area (Å²) in [5, 5.41) is 18.8. The summed E-state index contributed by atoms with van der Waals surface area (Å²) in [5.74, 6) is 0.830. The Morgan fingerprint density at radius 2 is 2.28 bits per heavy atom. The number of anilines is 1. The van der Waals surface area contributed by atoms with Crippen LogP contribution in [0.4, 0.5) is 5.82 Å². The van der Waals surface area contributed by atoms with Crippen molar-refractivity contribution in [3.8, 4) is 6.07 Å². The highest BCUT2D eigenvalue weighted by atomic mass is 16.3. The van der Waals surface area contributed by atoms with Gasteiger partial charge in [0.05, 0.1) is 6.10 Å². The van der Waals surface area contributed by atoms with Crippen LogP contribution < -0.4 is 4.90 Å². The van der Waals surface area contributed by atoms with Gasteiger partial charge in [-0.3, -0.25) is 0 Å². The SMILES string of the molecule is CC1(C)C[C@H](O)CCN(c2cccc(C#N)n2)C1. The first-order valence-corrected chi connectivity index (χ1v) is 6.30. The lowest BCUT2D eigenvalue weighted by atomic mass is 9.87. The monoisotopic (exact) mass is 245 g/mol. The van der Waals surface area contributed by atoms with E-state index in [1.165, 1.54) is 0 Å². The molecule has 18 heavy (non-hydrogen) atoms. The number of aliphatic hydroxyl groups is 1. The molecule has 96 valence electrons. The van der Waals surface area contributed by atoms with Crippen LogP contribution in [0.25, 0.3) is 0 Å². The van der Waals surface area contributed by atoms with E-state index < -0.39 is 0 Å². The number of aromatic nitrogens is 1. The van der Waals surface area contributed by atoms with Crippen molar-refractivity contribution in [1.82, 2.24) is 4.98 Å². The summed E-state index contributed by atoms with van der Waals surface area (Å²) in [7, 11) is 0. The maximum absolute atomic E-state index is 9.89. The van der Waals surface area contributed by atoms with Crippen LogP contribution in [0, 0.1) is 16.7 Å². The van der Waals surface area contributed by atoms with Crippen LogP contribution in [0.5, 0.6) is 0 Å². The van der Waals surface area contributed by atoms with Gasteiger partial charge in [-0.1, -0.05) is 19.9 Å². The van der Waals surface area contributed by atoms with E-state index in [9.17, 15) is 5.11 Å². The Bertz CT molecular complexity index is 464. The molecule has 4 heteroatoms. The fourth-order valence-electron chi connectivity index (χ4n) is 2.56. The van der Waals surface area contributed by atoms with Crippen LogP contribution in [0.15, 0.2) is 18.2 Å². The van der Waals surface area contributed by atoms with E-state index in [0.717, 1.165) is 31.7 Å². The van der Waals surface area contributed by atoms with Gasteiger partial charge in [0.25, 0.3) is 0 Å². The smallest absolute Gasteiger partial charge is 0.142 e. The molecule has 1 saturated heterocycles. The maximum Gasteiger partial charge on any atom is 0.142 e. The molecule has 0 aliphatic carbocycles. The Labute approximate surface area is 108 Å². The molecule has 0 bridgehead atoms. The largest absolute Gasteiger partial charge is 0.393 e. The highest BCUT2D eigenvalue weighted by Gasteiger charge is 2.29. The molecular formula is C14H19N3O. The van der Waals surface area contributed by atoms with E-state index in [0.29, 0.717) is 5.69 Å². The fraction of sp³-hybridized carbons (Fsp3) is 0.571. The van der Waals surface area contributed by atoms with E-state index in [1.807, 2.05) is 12.1 Å². The van der Waals surface area contributed by atoms with Crippen LogP contribution in [-0.4, -0.2) is 29.3 Å². The highest BCUT2D eigenvalue weighted by Crippen LogP contribution is 2.30. The van der Waals surface area contributed by atoms with E-state index in [2.05, 4.69) is 29.8 Å². The highest BCUT2D eigenvalue weighted by molar-refractivity contribution is 5.42. The molecule has 1 aliphatic rings. The molecule has 1 aromatic heterocycles. The van der Waals surface area contributed by atoms with Gasteiger partial charge in [0.1, 0.15) is 17.6 Å². The Kier molecular flexibility index (Phi) is 3.53. The fourth-order valence-corrected chi connectivity index (χ4v) is 2.56. The lowest BCUT2D eigenvalue weighted by Gasteiger charge is -2.30. The zero-order valence-electron chi connectivity index (χ0n) is 10.9. The van der Waals surface area contributed by atoms with Gasteiger partial charge in [-0.05, 0) is 30.4 Å². The topological polar surface area (TPSA) is 60.1 Å². The number of nitriles is 1. The molecule has 0 spiro atoms. The maximum atomic E-state index is 9.89. The van der Waals surface area contributed by atoms with Crippen molar-refractivity contribution >= 4 is 5.82 Å². The van der Waals surface area contributed by atoms with Crippen LogP contribution in [0.2, 0.25) is 0 Å². The van der Waals surface area contributed by atoms with Crippen LogP contribution in [0.3, 0.4) is 0 Å². The van der Waals surface area contributed by atoms with Gasteiger partial charge in [0, 0.05) is 13.1 Å². The number of hydrogen-bond donors (Lipinski definition) is 1. The van der Waals surface area contributed by atoms with Crippen LogP contribution >= 0.6 is 0 Å². The van der Waals surface area contributed by atoms with Gasteiger partial charge in [-0.25, -0.2) is 4.98 Å². The van der Waals surface area contributed by atoms with Crippen molar-refractivity contribution in [1.29, 1.82) is 5.26 Å². The normalized spacial score (nSPS) is 23.2. The van der Waals surface area contributed by atoms with Crippen LogP contribution in [-0.2, 0) is 0 Å². The summed E-state index contributed by atoms with van der Waals surface area (Å²) in [6.07, 6.45) is 1.31. The van der Waals surface area contributed by atoms with E-state index in [-0.39, 0.29) is 11.5 Å². The molecule has 1 atom stereocenters. The molecule has 0 unspecified atom stereocenters. The van der Waals surface area contributed by atoms with Crippen molar-refractivity contribution in [2.24, 2.45) is 5.41 Å². The van der Waals surface area contributed by atoms with Crippen molar-refractivity contribution in [2.45, 2.75) is 32.8 Å². The number of pyridine rings is 1. The second kappa shape index (κ2) is 4.95. The van der Waals surface area contributed by atoms with Crippen LogP contribution in [0.1, 0.15) is 32.4 Å². The number of hydrogen-bond acceptors (Lipinski definition) is 4. The summed E-state index contributed by atoms with van der Waals surface area (Å²) in [6.45, 7) is 5.95. The predicted octanol–water partition coefficient (Wildman–Crippen LogP) is 1.94. The molecule has 1 aromatic rings. The zero-order chi connectivity index (χ0) is 13.2. The quantitative estimate of drug-likeness (QED) is 0.821. The van der Waals surface area contributed by atoms with E-state index >= 15 is 0 Å². The standard InChI is InChI=1S/C14H19N3O/c1-14(2)8-12(18)6-7-17(10-14)13-5-3-4-11(9-15)16-13/h3-5,12,18H,6-8,10H2,1-2H3/t12-/m1/s1. The Morgan fingerprint density at radius 1 is 1.50 bits per heavy atom. The molecule has 0 saturated carbocycles. The minimum atomic E-state index is -0.246.